The zero-order chi connectivity index (χ0) is 22.5. The molecule has 0 bridgehead atoms. The Kier molecular flexibility index (Phi) is 7.19. The molecule has 3 aromatic rings. The lowest BCUT2D eigenvalue weighted by Gasteiger charge is -2.18. The summed E-state index contributed by atoms with van der Waals surface area (Å²) in [5.41, 5.74) is 9.35. The van der Waals surface area contributed by atoms with Crippen LogP contribution in [0.15, 0.2) is 41.5 Å². The van der Waals surface area contributed by atoms with Crippen molar-refractivity contribution in [1.82, 2.24) is 15.2 Å². The van der Waals surface area contributed by atoms with Crippen molar-refractivity contribution in [1.29, 1.82) is 0 Å². The van der Waals surface area contributed by atoms with Crippen LogP contribution in [0.3, 0.4) is 0 Å². The molecular weight excluding hydrogens is 392 g/mol. The van der Waals surface area contributed by atoms with Crippen molar-refractivity contribution in [3.63, 3.8) is 0 Å². The molecule has 1 aromatic heterocycles. The number of nitrogens with one attached hydrogen (secondary N) is 1. The van der Waals surface area contributed by atoms with Crippen LogP contribution in [0.5, 0.6) is 0 Å². The van der Waals surface area contributed by atoms with E-state index < -0.39 is 11.8 Å². The monoisotopic (exact) mass is 417 g/mol. The summed E-state index contributed by atoms with van der Waals surface area (Å²) < 4.78 is 30.9. The van der Waals surface area contributed by atoms with Crippen LogP contribution in [0, 0.1) is 13.8 Å². The van der Waals surface area contributed by atoms with E-state index in [0.717, 1.165) is 22.8 Å². The summed E-state index contributed by atoms with van der Waals surface area (Å²) in [6, 6.07) is 9.68. The number of hydrazone groups is 1. The largest absolute Gasteiger partial charge is 0.333 e. The highest BCUT2D eigenvalue weighted by Crippen LogP contribution is 2.32. The van der Waals surface area contributed by atoms with Crippen LogP contribution in [-0.2, 0) is 12.5 Å². The molecular formula is C20H25F2N7O. The van der Waals surface area contributed by atoms with Gasteiger partial charge in [0.15, 0.2) is 6.29 Å². The zero-order valence-electron chi connectivity index (χ0n) is 17.0. The molecule has 10 heteroatoms. The first-order valence-corrected chi connectivity index (χ1v) is 9.05. The average molecular weight is 417 g/mol. The summed E-state index contributed by atoms with van der Waals surface area (Å²) in [5, 5.41) is 8.22. The quantitative estimate of drug-likeness (QED) is 0.165. The number of nitrogens with two attached hydrogens (primary N) is 3. The molecule has 8 nitrogen and oxygen atoms in total. The van der Waals surface area contributed by atoms with Gasteiger partial charge in [0.1, 0.15) is 0 Å². The summed E-state index contributed by atoms with van der Waals surface area (Å²) in [6.07, 6.45) is 0.791. The molecule has 2 aromatic carbocycles. The number of aldehydes is 1. The Morgan fingerprint density at radius 3 is 2.57 bits per heavy atom. The van der Waals surface area contributed by atoms with E-state index in [0.29, 0.717) is 16.8 Å². The lowest BCUT2D eigenvalue weighted by atomic mass is 10.0. The minimum absolute atomic E-state index is 0.266. The summed E-state index contributed by atoms with van der Waals surface area (Å²) in [5.74, 6) is 5.77. The Balaban J connectivity index is 0.00000155. The third kappa shape index (κ3) is 4.14. The highest BCUT2D eigenvalue weighted by atomic mass is 19.3. The molecule has 0 aliphatic rings. The third-order valence-electron chi connectivity index (χ3n) is 4.71. The van der Waals surface area contributed by atoms with Crippen molar-refractivity contribution in [3.05, 3.63) is 64.3 Å². The first-order chi connectivity index (χ1) is 14.3. The Morgan fingerprint density at radius 2 is 1.97 bits per heavy atom. The maximum atomic E-state index is 14.7. The number of carbonyl (C=O) groups excluding carboxylic acids is 1. The van der Waals surface area contributed by atoms with Gasteiger partial charge in [-0.1, -0.05) is 30.3 Å². The average Bonchev–Trinajstić information content (AvgIpc) is 3.05. The van der Waals surface area contributed by atoms with Crippen LogP contribution in [0.2, 0.25) is 0 Å². The first kappa shape index (κ1) is 22.9. The first-order valence-electron chi connectivity index (χ1n) is 9.05. The molecule has 160 valence electrons. The smallest absolute Gasteiger partial charge is 0.332 e. The van der Waals surface area contributed by atoms with Gasteiger partial charge in [-0.25, -0.2) is 5.84 Å². The number of hydrogen-bond donors (Lipinski definition) is 4. The number of alkyl halides is 2. The van der Waals surface area contributed by atoms with Gasteiger partial charge in [-0.2, -0.15) is 19.0 Å². The topological polar surface area (TPSA) is 137 Å². The van der Waals surface area contributed by atoms with E-state index in [1.807, 2.05) is 30.5 Å². The van der Waals surface area contributed by atoms with Gasteiger partial charge in [0.2, 0.25) is 5.84 Å². The maximum absolute atomic E-state index is 14.7. The number of aromatic nitrogens is 2. The second-order valence-corrected chi connectivity index (χ2v) is 6.44. The van der Waals surface area contributed by atoms with Crippen LogP contribution in [-0.4, -0.2) is 28.9 Å². The van der Waals surface area contributed by atoms with Crippen molar-refractivity contribution in [3.8, 4) is 0 Å². The molecule has 0 amide bonds. The van der Waals surface area contributed by atoms with E-state index in [9.17, 15) is 13.6 Å². The minimum Gasteiger partial charge on any atom is -0.333 e. The van der Waals surface area contributed by atoms with Gasteiger partial charge in [0.05, 0.1) is 17.8 Å². The lowest BCUT2D eigenvalue weighted by molar-refractivity contribution is 0.0714. The molecule has 0 spiro atoms. The second kappa shape index (κ2) is 9.42. The number of nitrogens with zero attached hydrogens (tertiary/aromatic N) is 3. The number of hydrogen-bond acceptors (Lipinski definition) is 6. The maximum Gasteiger partial charge on any atom is 0.332 e. The van der Waals surface area contributed by atoms with Gasteiger partial charge in [0.25, 0.3) is 0 Å². The molecule has 0 fully saturated rings. The number of benzene rings is 2. The van der Waals surface area contributed by atoms with E-state index >= 15 is 0 Å². The molecule has 1 heterocycles. The van der Waals surface area contributed by atoms with Crippen molar-refractivity contribution in [2.24, 2.45) is 22.5 Å². The zero-order valence-corrected chi connectivity index (χ0v) is 17.0. The SMILES string of the molecule is CN.Cc1cccc(Cn2nc(C)c3ccc(C(F)(F)/C(=N/N)NN)cc32)c1C=O. The van der Waals surface area contributed by atoms with E-state index in [1.165, 1.54) is 19.2 Å². The minimum atomic E-state index is -3.50. The van der Waals surface area contributed by atoms with Gasteiger partial charge in [-0.3, -0.25) is 9.48 Å². The fraction of sp³-hybridized carbons (Fsp3) is 0.250. The predicted molar refractivity (Wildman–Crippen MR) is 113 cm³/mol. The molecule has 0 aliphatic heterocycles. The molecule has 0 radical (unpaired) electrons. The highest BCUT2D eigenvalue weighted by molar-refractivity contribution is 5.91. The van der Waals surface area contributed by atoms with Crippen LogP contribution >= 0.6 is 0 Å². The normalized spacial score (nSPS) is 11.8. The van der Waals surface area contributed by atoms with Gasteiger partial charge >= 0.3 is 5.92 Å². The van der Waals surface area contributed by atoms with Crippen LogP contribution in [0.25, 0.3) is 10.9 Å². The van der Waals surface area contributed by atoms with E-state index in [1.54, 1.807) is 17.7 Å². The number of rotatable bonds is 5. The van der Waals surface area contributed by atoms with Gasteiger partial charge in [-0.05, 0) is 38.1 Å². The summed E-state index contributed by atoms with van der Waals surface area (Å²) in [4.78, 5) is 11.5. The third-order valence-corrected chi connectivity index (χ3v) is 4.71. The molecule has 0 aliphatic carbocycles. The lowest BCUT2D eigenvalue weighted by Crippen LogP contribution is -2.43. The van der Waals surface area contributed by atoms with Crippen molar-refractivity contribution in [2.45, 2.75) is 26.3 Å². The van der Waals surface area contributed by atoms with E-state index in [4.69, 9.17) is 11.7 Å². The Labute approximate surface area is 172 Å². The van der Waals surface area contributed by atoms with Crippen LogP contribution < -0.4 is 22.8 Å². The number of halogens is 2. The molecule has 30 heavy (non-hydrogen) atoms. The van der Waals surface area contributed by atoms with Crippen molar-refractivity contribution >= 4 is 23.0 Å². The van der Waals surface area contributed by atoms with E-state index in [-0.39, 0.29) is 12.1 Å². The molecule has 7 N–H and O–H groups in total. The molecule has 0 saturated heterocycles. The summed E-state index contributed by atoms with van der Waals surface area (Å²) in [7, 11) is 1.50. The fourth-order valence-corrected chi connectivity index (χ4v) is 3.21. The summed E-state index contributed by atoms with van der Waals surface area (Å²) >= 11 is 0. The number of aryl methyl sites for hydroxylation is 2. The predicted octanol–water partition coefficient (Wildman–Crippen LogP) is 1.92. The number of hydrazine groups is 1. The van der Waals surface area contributed by atoms with Crippen molar-refractivity contribution in [2.75, 3.05) is 7.05 Å². The molecule has 0 saturated carbocycles. The van der Waals surface area contributed by atoms with Gasteiger partial charge < -0.3 is 17.0 Å². The summed E-state index contributed by atoms with van der Waals surface area (Å²) in [6.45, 7) is 3.90. The highest BCUT2D eigenvalue weighted by Gasteiger charge is 2.39. The Morgan fingerprint density at radius 1 is 1.27 bits per heavy atom. The number of amidine groups is 1. The Bertz CT molecular complexity index is 1080. The Hall–Kier alpha value is -3.37. The van der Waals surface area contributed by atoms with Crippen molar-refractivity contribution < 1.29 is 13.6 Å². The number of carbonyl (C=O) groups is 1. The standard InChI is InChI=1S/C19H20F2N6O.CH5N/c1-11-4-3-5-13(16(11)10-28)9-27-17-8-14(6-7-15(17)12(2)26-27)19(20,21)18(24-22)25-23;1-2/h3-8,10H,9,22-23H2,1-2H3,(H,24,25);2H2,1H3. The fourth-order valence-electron chi connectivity index (χ4n) is 3.21. The van der Waals surface area contributed by atoms with Crippen LogP contribution in [0.1, 0.15) is 32.7 Å². The second-order valence-electron chi connectivity index (χ2n) is 6.44. The number of fused-ring (bicyclic) bond motifs is 1. The van der Waals surface area contributed by atoms with Crippen LogP contribution in [0.4, 0.5) is 8.78 Å². The van der Waals surface area contributed by atoms with Gasteiger partial charge in [0, 0.05) is 16.5 Å². The molecule has 3 rings (SSSR count). The van der Waals surface area contributed by atoms with Gasteiger partial charge in [-0.15, -0.1) is 0 Å². The molecule has 0 unspecified atom stereocenters. The van der Waals surface area contributed by atoms with E-state index in [2.05, 4.69) is 15.9 Å². The molecule has 0 atom stereocenters.